The van der Waals surface area contributed by atoms with Crippen LogP contribution in [0, 0.1) is 5.92 Å². The predicted octanol–water partition coefficient (Wildman–Crippen LogP) is 3.11. The van der Waals surface area contributed by atoms with Gasteiger partial charge in [-0.25, -0.2) is 13.1 Å². The highest BCUT2D eigenvalue weighted by Gasteiger charge is 2.42. The standard InChI is InChI=1S/C16H22F3NO4S/c1-23-9-10-24-14-5-7-15(8-6-14)25(21,22)20-13-4-2-3-12(11-13)16(17,18)19/h5-8,12-13,20H,2-4,9-11H2,1H3. The number of sulfonamides is 1. The fraction of sp³-hybridized carbons (Fsp3) is 0.625. The van der Waals surface area contributed by atoms with Crippen molar-refractivity contribution in [2.75, 3.05) is 20.3 Å². The molecule has 2 rings (SSSR count). The summed E-state index contributed by atoms with van der Waals surface area (Å²) in [5, 5.41) is 0. The highest BCUT2D eigenvalue weighted by atomic mass is 32.2. The molecule has 0 amide bonds. The van der Waals surface area contributed by atoms with Crippen LogP contribution in [0.1, 0.15) is 25.7 Å². The Balaban J connectivity index is 1.98. The Labute approximate surface area is 145 Å². The van der Waals surface area contributed by atoms with Crippen molar-refractivity contribution in [1.29, 1.82) is 0 Å². The zero-order valence-corrected chi connectivity index (χ0v) is 14.7. The van der Waals surface area contributed by atoms with Gasteiger partial charge in [0.05, 0.1) is 17.4 Å². The molecular formula is C16H22F3NO4S. The van der Waals surface area contributed by atoms with Gasteiger partial charge in [-0.3, -0.25) is 0 Å². The van der Waals surface area contributed by atoms with Gasteiger partial charge in [0.2, 0.25) is 10.0 Å². The number of rotatable bonds is 7. The molecule has 142 valence electrons. The summed E-state index contributed by atoms with van der Waals surface area (Å²) in [5.41, 5.74) is 0. The molecular weight excluding hydrogens is 359 g/mol. The van der Waals surface area contributed by atoms with E-state index in [1.807, 2.05) is 0 Å². The van der Waals surface area contributed by atoms with Crippen LogP contribution in [-0.4, -0.2) is 41.0 Å². The Morgan fingerprint density at radius 3 is 2.44 bits per heavy atom. The number of alkyl halides is 3. The van der Waals surface area contributed by atoms with E-state index in [2.05, 4.69) is 4.72 Å². The molecule has 1 aliphatic carbocycles. The second-order valence-electron chi connectivity index (χ2n) is 6.04. The molecule has 1 N–H and O–H groups in total. The van der Waals surface area contributed by atoms with Crippen molar-refractivity contribution >= 4 is 10.0 Å². The van der Waals surface area contributed by atoms with Gasteiger partial charge in [-0.2, -0.15) is 13.2 Å². The largest absolute Gasteiger partial charge is 0.491 e. The number of hydrogen-bond donors (Lipinski definition) is 1. The molecule has 25 heavy (non-hydrogen) atoms. The van der Waals surface area contributed by atoms with Crippen LogP contribution < -0.4 is 9.46 Å². The normalized spacial score (nSPS) is 21.9. The summed E-state index contributed by atoms with van der Waals surface area (Å²) in [6, 6.07) is 5.04. The van der Waals surface area contributed by atoms with Crippen LogP contribution in [0.4, 0.5) is 13.2 Å². The zero-order chi connectivity index (χ0) is 18.5. The van der Waals surface area contributed by atoms with E-state index >= 15 is 0 Å². The lowest BCUT2D eigenvalue weighted by Gasteiger charge is -2.30. The summed E-state index contributed by atoms with van der Waals surface area (Å²) in [5.74, 6) is -0.962. The van der Waals surface area contributed by atoms with Gasteiger partial charge in [0.25, 0.3) is 0 Å². The van der Waals surface area contributed by atoms with Crippen LogP contribution in [0.5, 0.6) is 5.75 Å². The first-order valence-electron chi connectivity index (χ1n) is 8.03. The molecule has 2 atom stereocenters. The molecule has 0 spiro atoms. The quantitative estimate of drug-likeness (QED) is 0.737. The number of ether oxygens (including phenoxy) is 2. The molecule has 0 aromatic heterocycles. The van der Waals surface area contributed by atoms with Gasteiger partial charge in [-0.15, -0.1) is 0 Å². The maximum absolute atomic E-state index is 12.8. The minimum absolute atomic E-state index is 0.000670. The Hall–Kier alpha value is -1.32. The monoisotopic (exact) mass is 381 g/mol. The van der Waals surface area contributed by atoms with E-state index in [9.17, 15) is 21.6 Å². The van der Waals surface area contributed by atoms with Crippen LogP contribution in [0.15, 0.2) is 29.2 Å². The maximum Gasteiger partial charge on any atom is 0.391 e. The highest BCUT2D eigenvalue weighted by Crippen LogP contribution is 2.37. The molecule has 1 aliphatic rings. The minimum Gasteiger partial charge on any atom is -0.491 e. The molecule has 0 saturated heterocycles. The smallest absolute Gasteiger partial charge is 0.391 e. The van der Waals surface area contributed by atoms with Crippen molar-refractivity contribution in [3.8, 4) is 5.75 Å². The van der Waals surface area contributed by atoms with E-state index in [-0.39, 0.29) is 17.7 Å². The number of halogens is 3. The fourth-order valence-electron chi connectivity index (χ4n) is 2.84. The first-order chi connectivity index (χ1) is 11.7. The van der Waals surface area contributed by atoms with Crippen molar-refractivity contribution in [3.05, 3.63) is 24.3 Å². The van der Waals surface area contributed by atoms with Gasteiger partial charge >= 0.3 is 6.18 Å². The van der Waals surface area contributed by atoms with Crippen LogP contribution in [0.3, 0.4) is 0 Å². The summed E-state index contributed by atoms with van der Waals surface area (Å²) in [6.45, 7) is 0.741. The third-order valence-electron chi connectivity index (χ3n) is 4.15. The van der Waals surface area contributed by atoms with Crippen LogP contribution in [0.2, 0.25) is 0 Å². The molecule has 9 heteroatoms. The first kappa shape index (κ1) is 20.0. The second-order valence-corrected chi connectivity index (χ2v) is 7.75. The van der Waals surface area contributed by atoms with Crippen LogP contribution >= 0.6 is 0 Å². The van der Waals surface area contributed by atoms with E-state index < -0.39 is 28.2 Å². The Morgan fingerprint density at radius 2 is 1.84 bits per heavy atom. The predicted molar refractivity (Wildman–Crippen MR) is 85.9 cm³/mol. The molecule has 0 aliphatic heterocycles. The molecule has 1 saturated carbocycles. The lowest BCUT2D eigenvalue weighted by atomic mass is 9.86. The number of benzene rings is 1. The van der Waals surface area contributed by atoms with Crippen molar-refractivity contribution in [2.45, 2.75) is 42.8 Å². The van der Waals surface area contributed by atoms with Crippen molar-refractivity contribution in [3.63, 3.8) is 0 Å². The molecule has 1 aromatic rings. The Bertz CT molecular complexity index is 646. The average Bonchev–Trinajstić information content (AvgIpc) is 2.55. The van der Waals surface area contributed by atoms with Gasteiger partial charge in [0, 0.05) is 13.2 Å². The van der Waals surface area contributed by atoms with Gasteiger partial charge in [-0.05, 0) is 43.5 Å². The molecule has 2 unspecified atom stereocenters. The fourth-order valence-corrected chi connectivity index (χ4v) is 4.12. The van der Waals surface area contributed by atoms with Gasteiger partial charge in [-0.1, -0.05) is 6.42 Å². The van der Waals surface area contributed by atoms with Crippen molar-refractivity contribution in [1.82, 2.24) is 4.72 Å². The summed E-state index contributed by atoms with van der Waals surface area (Å²) in [7, 11) is -2.33. The molecule has 0 radical (unpaired) electrons. The van der Waals surface area contributed by atoms with E-state index in [4.69, 9.17) is 9.47 Å². The lowest BCUT2D eigenvalue weighted by Crippen LogP contribution is -2.41. The van der Waals surface area contributed by atoms with Crippen molar-refractivity contribution in [2.24, 2.45) is 5.92 Å². The second kappa shape index (κ2) is 8.37. The first-order valence-corrected chi connectivity index (χ1v) is 9.51. The van der Waals surface area contributed by atoms with E-state index in [1.54, 1.807) is 7.11 Å². The zero-order valence-electron chi connectivity index (χ0n) is 13.9. The van der Waals surface area contributed by atoms with Gasteiger partial charge in [0.15, 0.2) is 0 Å². The summed E-state index contributed by atoms with van der Waals surface area (Å²) in [4.78, 5) is 0.000670. The average molecular weight is 381 g/mol. The van der Waals surface area contributed by atoms with Crippen LogP contribution in [0.25, 0.3) is 0 Å². The summed E-state index contributed by atoms with van der Waals surface area (Å²) < 4.78 is 75.9. The van der Waals surface area contributed by atoms with E-state index in [0.717, 1.165) is 0 Å². The van der Waals surface area contributed by atoms with Crippen LogP contribution in [-0.2, 0) is 14.8 Å². The lowest BCUT2D eigenvalue weighted by molar-refractivity contribution is -0.183. The summed E-state index contributed by atoms with van der Waals surface area (Å²) >= 11 is 0. The van der Waals surface area contributed by atoms with Gasteiger partial charge < -0.3 is 9.47 Å². The molecule has 1 fully saturated rings. The van der Waals surface area contributed by atoms with Crippen molar-refractivity contribution < 1.29 is 31.1 Å². The number of hydrogen-bond acceptors (Lipinski definition) is 4. The Morgan fingerprint density at radius 1 is 1.16 bits per heavy atom. The Kier molecular flexibility index (Phi) is 6.70. The topological polar surface area (TPSA) is 64.6 Å². The number of nitrogens with one attached hydrogen (secondary N) is 1. The van der Waals surface area contributed by atoms with E-state index in [0.29, 0.717) is 31.8 Å². The third-order valence-corrected chi connectivity index (χ3v) is 5.69. The molecule has 1 aromatic carbocycles. The molecule has 0 bridgehead atoms. The van der Waals surface area contributed by atoms with Gasteiger partial charge in [0.1, 0.15) is 12.4 Å². The van der Waals surface area contributed by atoms with E-state index in [1.165, 1.54) is 24.3 Å². The minimum atomic E-state index is -4.29. The third kappa shape index (κ3) is 5.86. The highest BCUT2D eigenvalue weighted by molar-refractivity contribution is 7.89. The number of methoxy groups -OCH3 is 1. The maximum atomic E-state index is 12.8. The molecule has 0 heterocycles. The summed E-state index contributed by atoms with van der Waals surface area (Å²) in [6.07, 6.45) is -3.70. The molecule has 5 nitrogen and oxygen atoms in total. The SMILES string of the molecule is COCCOc1ccc(S(=O)(=O)NC2CCCC(C(F)(F)F)C2)cc1.